The molecule has 0 aliphatic rings. The molecule has 0 spiro atoms. The van der Waals surface area contributed by atoms with E-state index in [4.69, 9.17) is 16.3 Å². The Morgan fingerprint density at radius 2 is 1.76 bits per heavy atom. The van der Waals surface area contributed by atoms with Crippen LogP contribution in [-0.2, 0) is 17.9 Å². The van der Waals surface area contributed by atoms with E-state index in [1.807, 2.05) is 49.4 Å². The number of carbonyl (C=O) groups is 1. The number of nitrogens with one attached hydrogen (secondary N) is 2. The fraction of sp³-hybridized carbons (Fsp3) is 0.333. The van der Waals surface area contributed by atoms with Crippen molar-refractivity contribution in [3.05, 3.63) is 64.2 Å². The summed E-state index contributed by atoms with van der Waals surface area (Å²) in [5, 5.41) is 7.09. The van der Waals surface area contributed by atoms with E-state index in [2.05, 4.69) is 15.6 Å². The van der Waals surface area contributed by atoms with Gasteiger partial charge in [0.1, 0.15) is 5.75 Å². The number of halogens is 2. The molecule has 8 heteroatoms. The van der Waals surface area contributed by atoms with Crippen molar-refractivity contribution >= 4 is 47.4 Å². The standard InChI is InChI=1S/C21H27ClN4O2.HI/c1-15-11-17(7-10-19(15)22)13-24-21(25-14-20(27)26(2)3)23-12-16-5-8-18(28-4)9-6-16;/h5-11H,12-14H2,1-4H3,(H2,23,24,25);1H. The van der Waals surface area contributed by atoms with Crippen molar-refractivity contribution in [2.45, 2.75) is 20.0 Å². The number of ether oxygens (including phenoxy) is 1. The van der Waals surface area contributed by atoms with Crippen molar-refractivity contribution in [3.63, 3.8) is 0 Å². The molecule has 0 heterocycles. The van der Waals surface area contributed by atoms with Gasteiger partial charge in [-0.3, -0.25) is 4.79 Å². The number of benzene rings is 2. The molecule has 2 rings (SSSR count). The maximum absolute atomic E-state index is 11.9. The normalized spacial score (nSPS) is 10.7. The average molecular weight is 531 g/mol. The van der Waals surface area contributed by atoms with Gasteiger partial charge in [0, 0.05) is 25.7 Å². The van der Waals surface area contributed by atoms with E-state index >= 15 is 0 Å². The molecule has 0 radical (unpaired) electrons. The van der Waals surface area contributed by atoms with Crippen molar-refractivity contribution in [1.82, 2.24) is 15.5 Å². The number of rotatable bonds is 7. The van der Waals surface area contributed by atoms with Crippen molar-refractivity contribution in [2.24, 2.45) is 4.99 Å². The van der Waals surface area contributed by atoms with Crippen LogP contribution in [0.25, 0.3) is 0 Å². The smallest absolute Gasteiger partial charge is 0.241 e. The predicted octanol–water partition coefficient (Wildman–Crippen LogP) is 3.60. The fourth-order valence-corrected chi connectivity index (χ4v) is 2.51. The average Bonchev–Trinajstić information content (AvgIpc) is 2.69. The number of aryl methyl sites for hydroxylation is 1. The van der Waals surface area contributed by atoms with Crippen LogP contribution in [0.2, 0.25) is 5.02 Å². The van der Waals surface area contributed by atoms with E-state index in [1.165, 1.54) is 4.90 Å². The molecular weight excluding hydrogens is 503 g/mol. The highest BCUT2D eigenvalue weighted by Crippen LogP contribution is 2.16. The first-order valence-corrected chi connectivity index (χ1v) is 9.37. The van der Waals surface area contributed by atoms with Gasteiger partial charge in [-0.1, -0.05) is 35.9 Å². The van der Waals surface area contributed by atoms with Gasteiger partial charge in [-0.05, 0) is 41.8 Å². The molecule has 0 aliphatic heterocycles. The Bertz CT molecular complexity index is 826. The number of hydrogen-bond acceptors (Lipinski definition) is 3. The second kappa shape index (κ2) is 12.5. The second-order valence-electron chi connectivity index (χ2n) is 6.59. The summed E-state index contributed by atoms with van der Waals surface area (Å²) >= 11 is 6.09. The molecule has 0 aromatic heterocycles. The maximum Gasteiger partial charge on any atom is 0.241 e. The first kappa shape index (κ1) is 25.0. The van der Waals surface area contributed by atoms with E-state index in [0.29, 0.717) is 19.0 Å². The third-order valence-corrected chi connectivity index (χ3v) is 4.59. The summed E-state index contributed by atoms with van der Waals surface area (Å²) in [5.41, 5.74) is 3.14. The van der Waals surface area contributed by atoms with Gasteiger partial charge in [-0.25, -0.2) is 4.99 Å². The molecule has 0 saturated carbocycles. The first-order chi connectivity index (χ1) is 13.4. The molecule has 0 unspecified atom stereocenters. The molecule has 0 atom stereocenters. The van der Waals surface area contributed by atoms with Crippen LogP contribution >= 0.6 is 35.6 Å². The molecule has 29 heavy (non-hydrogen) atoms. The van der Waals surface area contributed by atoms with E-state index in [9.17, 15) is 4.79 Å². The minimum Gasteiger partial charge on any atom is -0.497 e. The number of nitrogens with zero attached hydrogens (tertiary/aromatic N) is 2. The quantitative estimate of drug-likeness (QED) is 0.326. The Labute approximate surface area is 194 Å². The van der Waals surface area contributed by atoms with Crippen molar-refractivity contribution in [3.8, 4) is 5.75 Å². The summed E-state index contributed by atoms with van der Waals surface area (Å²) in [6.45, 7) is 3.19. The Kier molecular flexibility index (Phi) is 10.8. The molecule has 2 aromatic rings. The zero-order valence-corrected chi connectivity index (χ0v) is 20.2. The number of amides is 1. The highest BCUT2D eigenvalue weighted by molar-refractivity contribution is 14.0. The minimum atomic E-state index is -0.0266. The minimum absolute atomic E-state index is 0. The lowest BCUT2D eigenvalue weighted by Gasteiger charge is -2.15. The SMILES string of the molecule is COc1ccc(CNC(=NCc2ccc(Cl)c(C)c2)NCC(=O)N(C)C)cc1.I. The zero-order chi connectivity index (χ0) is 20.5. The van der Waals surface area contributed by atoms with Crippen LogP contribution in [-0.4, -0.2) is 44.5 Å². The van der Waals surface area contributed by atoms with Crippen LogP contribution < -0.4 is 15.4 Å². The number of guanidine groups is 1. The molecule has 0 saturated heterocycles. The molecule has 2 aromatic carbocycles. The van der Waals surface area contributed by atoms with E-state index < -0.39 is 0 Å². The molecule has 2 N–H and O–H groups in total. The van der Waals surface area contributed by atoms with Gasteiger partial charge in [0.2, 0.25) is 5.91 Å². The van der Waals surface area contributed by atoms with E-state index in [0.717, 1.165) is 27.5 Å². The van der Waals surface area contributed by atoms with Gasteiger partial charge in [0.15, 0.2) is 5.96 Å². The highest BCUT2D eigenvalue weighted by Gasteiger charge is 2.06. The number of aliphatic imine (C=N–C) groups is 1. The lowest BCUT2D eigenvalue weighted by Crippen LogP contribution is -2.42. The largest absolute Gasteiger partial charge is 0.497 e. The maximum atomic E-state index is 11.9. The Morgan fingerprint density at radius 1 is 1.10 bits per heavy atom. The lowest BCUT2D eigenvalue weighted by atomic mass is 10.1. The summed E-state index contributed by atoms with van der Waals surface area (Å²) in [6, 6.07) is 13.6. The lowest BCUT2D eigenvalue weighted by molar-refractivity contribution is -0.127. The summed E-state index contributed by atoms with van der Waals surface area (Å²) in [5.74, 6) is 1.35. The highest BCUT2D eigenvalue weighted by atomic mass is 127. The van der Waals surface area contributed by atoms with Gasteiger partial charge >= 0.3 is 0 Å². The van der Waals surface area contributed by atoms with Gasteiger partial charge in [0.05, 0.1) is 20.2 Å². The molecule has 0 fully saturated rings. The summed E-state index contributed by atoms with van der Waals surface area (Å²) < 4.78 is 5.18. The zero-order valence-electron chi connectivity index (χ0n) is 17.2. The third-order valence-electron chi connectivity index (χ3n) is 4.17. The monoisotopic (exact) mass is 530 g/mol. The van der Waals surface area contributed by atoms with Crippen molar-refractivity contribution in [2.75, 3.05) is 27.7 Å². The van der Waals surface area contributed by atoms with Crippen molar-refractivity contribution in [1.29, 1.82) is 0 Å². The van der Waals surface area contributed by atoms with Gasteiger partial charge in [-0.15, -0.1) is 24.0 Å². The van der Waals surface area contributed by atoms with Crippen LogP contribution in [0.4, 0.5) is 0 Å². The Hall–Kier alpha value is -2.00. The number of likely N-dealkylation sites (N-methyl/N-ethyl adjacent to an activating group) is 1. The van der Waals surface area contributed by atoms with Crippen LogP contribution in [0.15, 0.2) is 47.5 Å². The fourth-order valence-electron chi connectivity index (χ4n) is 2.40. The number of hydrogen-bond donors (Lipinski definition) is 2. The van der Waals surface area contributed by atoms with E-state index in [-0.39, 0.29) is 36.4 Å². The van der Waals surface area contributed by atoms with Gasteiger partial charge in [-0.2, -0.15) is 0 Å². The van der Waals surface area contributed by atoms with Crippen molar-refractivity contribution < 1.29 is 9.53 Å². The number of carbonyl (C=O) groups excluding carboxylic acids is 1. The topological polar surface area (TPSA) is 66.0 Å². The third kappa shape index (κ3) is 8.49. The first-order valence-electron chi connectivity index (χ1n) is 8.99. The van der Waals surface area contributed by atoms with Gasteiger partial charge in [0.25, 0.3) is 0 Å². The predicted molar refractivity (Wildman–Crippen MR) is 129 cm³/mol. The van der Waals surface area contributed by atoms with Crippen LogP contribution in [0.1, 0.15) is 16.7 Å². The molecule has 1 amide bonds. The molecule has 6 nitrogen and oxygen atoms in total. The second-order valence-corrected chi connectivity index (χ2v) is 7.00. The Morgan fingerprint density at radius 3 is 2.34 bits per heavy atom. The van der Waals surface area contributed by atoms with Crippen LogP contribution in [0.5, 0.6) is 5.75 Å². The molecule has 0 bridgehead atoms. The number of methoxy groups -OCH3 is 1. The van der Waals surface area contributed by atoms with Crippen LogP contribution in [0.3, 0.4) is 0 Å². The molecule has 0 aliphatic carbocycles. The molecular formula is C21H28ClIN4O2. The van der Waals surface area contributed by atoms with Gasteiger partial charge < -0.3 is 20.3 Å². The summed E-state index contributed by atoms with van der Waals surface area (Å²) in [6.07, 6.45) is 0. The summed E-state index contributed by atoms with van der Waals surface area (Å²) in [4.78, 5) is 18.0. The van der Waals surface area contributed by atoms with E-state index in [1.54, 1.807) is 21.2 Å². The Balaban J connectivity index is 0.00000420. The van der Waals surface area contributed by atoms with Crippen LogP contribution in [0, 0.1) is 6.92 Å². The molecule has 158 valence electrons. The summed E-state index contributed by atoms with van der Waals surface area (Å²) in [7, 11) is 5.09.